The van der Waals surface area contributed by atoms with Crippen LogP contribution in [0, 0.1) is 0 Å². The molecule has 3 rings (SSSR count). The van der Waals surface area contributed by atoms with Crippen molar-refractivity contribution in [2.75, 3.05) is 26.3 Å². The van der Waals surface area contributed by atoms with Gasteiger partial charge >= 0.3 is 0 Å². The summed E-state index contributed by atoms with van der Waals surface area (Å²) in [4.78, 5) is 12.2. The highest BCUT2D eigenvalue weighted by atomic mass is 79.9. The van der Waals surface area contributed by atoms with Gasteiger partial charge in [0, 0.05) is 18.2 Å². The molecule has 0 aliphatic carbocycles. The third-order valence-corrected chi connectivity index (χ3v) is 4.12. The Morgan fingerprint density at radius 1 is 1.38 bits per heavy atom. The molecule has 0 spiro atoms. The highest BCUT2D eigenvalue weighted by Crippen LogP contribution is 2.38. The second kappa shape index (κ2) is 7.33. The van der Waals surface area contributed by atoms with E-state index in [1.807, 2.05) is 0 Å². The number of carbonyl (C=O) groups excluding carboxylic acids is 1. The minimum atomic E-state index is -0.0867. The zero-order valence-corrected chi connectivity index (χ0v) is 13.9. The molecule has 1 atom stereocenters. The normalized spacial score (nSPS) is 19.8. The molecule has 2 heterocycles. The minimum absolute atomic E-state index is 0. The molecule has 0 radical (unpaired) electrons. The third-order valence-electron chi connectivity index (χ3n) is 3.53. The Kier molecular flexibility index (Phi) is 5.72. The molecule has 2 aliphatic rings. The second-order valence-electron chi connectivity index (χ2n) is 4.99. The number of halogens is 2. The summed E-state index contributed by atoms with van der Waals surface area (Å²) in [5.41, 5.74) is 0.583. The van der Waals surface area contributed by atoms with Gasteiger partial charge in [-0.3, -0.25) is 4.79 Å². The van der Waals surface area contributed by atoms with Gasteiger partial charge in [-0.15, -0.1) is 12.4 Å². The minimum Gasteiger partial charge on any atom is -0.486 e. The van der Waals surface area contributed by atoms with Gasteiger partial charge in [-0.2, -0.15) is 0 Å². The first-order chi connectivity index (χ1) is 9.74. The topological polar surface area (TPSA) is 59.6 Å². The Labute approximate surface area is 138 Å². The van der Waals surface area contributed by atoms with E-state index < -0.39 is 0 Å². The maximum Gasteiger partial charge on any atom is 0.251 e. The van der Waals surface area contributed by atoms with Gasteiger partial charge in [0.2, 0.25) is 0 Å². The van der Waals surface area contributed by atoms with Crippen molar-refractivity contribution < 1.29 is 14.3 Å². The number of hydrogen-bond donors (Lipinski definition) is 2. The lowest BCUT2D eigenvalue weighted by molar-refractivity contribution is 0.0949. The lowest BCUT2D eigenvalue weighted by Gasteiger charge is -2.20. The molecule has 1 fully saturated rings. The van der Waals surface area contributed by atoms with Gasteiger partial charge in [0.15, 0.2) is 11.5 Å². The summed E-state index contributed by atoms with van der Waals surface area (Å²) in [6.45, 7) is 2.74. The zero-order valence-electron chi connectivity index (χ0n) is 11.5. The first-order valence-corrected chi connectivity index (χ1v) is 7.64. The molecule has 2 aliphatic heterocycles. The third kappa shape index (κ3) is 3.81. The quantitative estimate of drug-likeness (QED) is 0.847. The van der Waals surface area contributed by atoms with Gasteiger partial charge in [0.05, 0.1) is 4.47 Å². The van der Waals surface area contributed by atoms with Crippen LogP contribution in [0.4, 0.5) is 0 Å². The number of rotatable bonds is 3. The van der Waals surface area contributed by atoms with Gasteiger partial charge in [-0.05, 0) is 47.4 Å². The Bertz CT molecular complexity index is 521. The average molecular weight is 378 g/mol. The maximum absolute atomic E-state index is 12.2. The zero-order chi connectivity index (χ0) is 13.9. The summed E-state index contributed by atoms with van der Waals surface area (Å²) in [6, 6.07) is 3.89. The van der Waals surface area contributed by atoms with E-state index in [4.69, 9.17) is 9.47 Å². The van der Waals surface area contributed by atoms with Crippen LogP contribution in [0.25, 0.3) is 0 Å². The number of ether oxygens (including phenoxy) is 2. The largest absolute Gasteiger partial charge is 0.486 e. The molecule has 0 aromatic heterocycles. The van der Waals surface area contributed by atoms with Crippen molar-refractivity contribution in [2.45, 2.75) is 18.9 Å². The fourth-order valence-electron chi connectivity index (χ4n) is 2.49. The molecule has 1 unspecified atom stereocenters. The van der Waals surface area contributed by atoms with Gasteiger partial charge in [0.1, 0.15) is 13.2 Å². The molecule has 1 aromatic carbocycles. The molecular weight excluding hydrogens is 360 g/mol. The SMILES string of the molecule is Cl.O=C(NCC1CCCN1)c1cc(Br)c2c(c1)OCCO2. The first kappa shape index (κ1) is 16.4. The first-order valence-electron chi connectivity index (χ1n) is 6.85. The van der Waals surface area contributed by atoms with Crippen LogP contribution in [0.15, 0.2) is 16.6 Å². The van der Waals surface area contributed by atoms with E-state index in [-0.39, 0.29) is 18.3 Å². The summed E-state index contributed by atoms with van der Waals surface area (Å²) in [7, 11) is 0. The smallest absolute Gasteiger partial charge is 0.251 e. The molecule has 1 amide bonds. The van der Waals surface area contributed by atoms with Gasteiger partial charge in [0.25, 0.3) is 5.91 Å². The molecule has 21 heavy (non-hydrogen) atoms. The number of carbonyl (C=O) groups is 1. The molecule has 5 nitrogen and oxygen atoms in total. The van der Waals surface area contributed by atoms with Crippen LogP contribution in [-0.2, 0) is 0 Å². The van der Waals surface area contributed by atoms with Crippen LogP contribution in [-0.4, -0.2) is 38.3 Å². The molecule has 0 saturated carbocycles. The fraction of sp³-hybridized carbons (Fsp3) is 0.500. The van der Waals surface area contributed by atoms with E-state index in [1.54, 1.807) is 12.1 Å². The standard InChI is InChI=1S/C14H17BrN2O3.ClH/c15-11-6-9(7-12-13(11)20-5-4-19-12)14(18)17-8-10-2-1-3-16-10;/h6-7,10,16H,1-5,8H2,(H,17,18);1H. The lowest BCUT2D eigenvalue weighted by atomic mass is 10.1. The molecule has 2 N–H and O–H groups in total. The number of nitrogens with one attached hydrogen (secondary N) is 2. The van der Waals surface area contributed by atoms with Crippen molar-refractivity contribution in [3.63, 3.8) is 0 Å². The van der Waals surface area contributed by atoms with E-state index in [9.17, 15) is 4.79 Å². The van der Waals surface area contributed by atoms with E-state index in [1.165, 1.54) is 6.42 Å². The van der Waals surface area contributed by atoms with Gasteiger partial charge in [-0.1, -0.05) is 0 Å². The van der Waals surface area contributed by atoms with Crippen molar-refractivity contribution in [1.82, 2.24) is 10.6 Å². The molecule has 1 aromatic rings. The second-order valence-corrected chi connectivity index (χ2v) is 5.84. The predicted molar refractivity (Wildman–Crippen MR) is 85.7 cm³/mol. The number of amides is 1. The van der Waals surface area contributed by atoms with Gasteiger partial charge < -0.3 is 20.1 Å². The van der Waals surface area contributed by atoms with E-state index in [2.05, 4.69) is 26.6 Å². The van der Waals surface area contributed by atoms with Crippen molar-refractivity contribution >= 4 is 34.2 Å². The van der Waals surface area contributed by atoms with E-state index in [0.29, 0.717) is 42.9 Å². The number of benzene rings is 1. The van der Waals surface area contributed by atoms with Crippen molar-refractivity contribution in [1.29, 1.82) is 0 Å². The summed E-state index contributed by atoms with van der Waals surface area (Å²) < 4.78 is 11.8. The monoisotopic (exact) mass is 376 g/mol. The van der Waals surface area contributed by atoms with Crippen LogP contribution in [0.5, 0.6) is 11.5 Å². The van der Waals surface area contributed by atoms with Crippen LogP contribution < -0.4 is 20.1 Å². The summed E-state index contributed by atoms with van der Waals surface area (Å²) in [6.07, 6.45) is 2.29. The highest BCUT2D eigenvalue weighted by Gasteiger charge is 2.20. The Balaban J connectivity index is 0.00000161. The Morgan fingerprint density at radius 3 is 2.95 bits per heavy atom. The molecule has 0 bridgehead atoms. The number of hydrogen-bond acceptors (Lipinski definition) is 4. The van der Waals surface area contributed by atoms with Crippen LogP contribution in [0.1, 0.15) is 23.2 Å². The Morgan fingerprint density at radius 2 is 2.19 bits per heavy atom. The van der Waals surface area contributed by atoms with Crippen LogP contribution >= 0.6 is 28.3 Å². The van der Waals surface area contributed by atoms with Crippen molar-refractivity contribution in [3.05, 3.63) is 22.2 Å². The highest BCUT2D eigenvalue weighted by molar-refractivity contribution is 9.10. The molecule has 1 saturated heterocycles. The van der Waals surface area contributed by atoms with Gasteiger partial charge in [-0.25, -0.2) is 0 Å². The predicted octanol–water partition coefficient (Wildman–Crippen LogP) is 2.12. The number of fused-ring (bicyclic) bond motifs is 1. The average Bonchev–Trinajstić information content (AvgIpc) is 2.98. The Hall–Kier alpha value is -0.980. The molecular formula is C14H18BrClN2O3. The van der Waals surface area contributed by atoms with Crippen LogP contribution in [0.3, 0.4) is 0 Å². The molecule has 116 valence electrons. The van der Waals surface area contributed by atoms with Crippen molar-refractivity contribution in [2.24, 2.45) is 0 Å². The van der Waals surface area contributed by atoms with E-state index >= 15 is 0 Å². The molecule has 7 heteroatoms. The van der Waals surface area contributed by atoms with E-state index in [0.717, 1.165) is 17.4 Å². The maximum atomic E-state index is 12.2. The summed E-state index contributed by atoms with van der Waals surface area (Å²) in [5, 5.41) is 6.31. The lowest BCUT2D eigenvalue weighted by Crippen LogP contribution is -2.37. The van der Waals surface area contributed by atoms with Crippen molar-refractivity contribution in [3.8, 4) is 11.5 Å². The summed E-state index contributed by atoms with van der Waals surface area (Å²) in [5.74, 6) is 1.20. The fourth-order valence-corrected chi connectivity index (χ4v) is 3.05. The van der Waals surface area contributed by atoms with Crippen LogP contribution in [0.2, 0.25) is 0 Å². The summed E-state index contributed by atoms with van der Waals surface area (Å²) >= 11 is 3.42.